The van der Waals surface area contributed by atoms with Crippen LogP contribution in [0.15, 0.2) is 24.3 Å². The molecular weight excluding hydrogens is 244 g/mol. The normalized spacial score (nSPS) is 30.7. The van der Waals surface area contributed by atoms with Crippen molar-refractivity contribution < 1.29 is 0 Å². The number of nitrogens with two attached hydrogens (primary N) is 1. The number of benzene rings is 1. The maximum atomic E-state index is 6.23. The van der Waals surface area contributed by atoms with Gasteiger partial charge in [0.2, 0.25) is 0 Å². The Labute approximate surface area is 124 Å². The van der Waals surface area contributed by atoms with E-state index in [4.69, 9.17) is 5.73 Å². The predicted octanol–water partition coefficient (Wildman–Crippen LogP) is 3.58. The number of likely N-dealkylation sites (N-methyl/N-ethyl adjacent to an activating group) is 1. The van der Waals surface area contributed by atoms with Gasteiger partial charge in [-0.25, -0.2) is 0 Å². The molecule has 0 saturated heterocycles. The van der Waals surface area contributed by atoms with Gasteiger partial charge in [-0.05, 0) is 37.8 Å². The van der Waals surface area contributed by atoms with Crippen molar-refractivity contribution in [3.8, 4) is 0 Å². The molecule has 2 nitrogen and oxygen atoms in total. The molecular formula is C18H30N2. The summed E-state index contributed by atoms with van der Waals surface area (Å²) in [7, 11) is 2.25. The van der Waals surface area contributed by atoms with Gasteiger partial charge in [-0.3, -0.25) is 4.90 Å². The fraction of sp³-hybridized carbons (Fsp3) is 0.667. The smallest absolute Gasteiger partial charge is 0.0360 e. The first-order valence-electron chi connectivity index (χ1n) is 7.96. The molecule has 0 radical (unpaired) electrons. The molecule has 1 aromatic rings. The Morgan fingerprint density at radius 1 is 1.25 bits per heavy atom. The summed E-state index contributed by atoms with van der Waals surface area (Å²) >= 11 is 0. The second-order valence-corrected chi connectivity index (χ2v) is 6.81. The lowest BCUT2D eigenvalue weighted by Gasteiger charge is -2.51. The highest BCUT2D eigenvalue weighted by molar-refractivity contribution is 5.21. The van der Waals surface area contributed by atoms with Gasteiger partial charge in [-0.15, -0.1) is 0 Å². The Morgan fingerprint density at radius 3 is 2.50 bits per heavy atom. The van der Waals surface area contributed by atoms with Gasteiger partial charge in [0.25, 0.3) is 0 Å². The lowest BCUT2D eigenvalue weighted by atomic mass is 9.67. The predicted molar refractivity (Wildman–Crippen MR) is 86.6 cm³/mol. The van der Waals surface area contributed by atoms with E-state index in [1.807, 2.05) is 0 Å². The van der Waals surface area contributed by atoms with Crippen LogP contribution in [0.5, 0.6) is 0 Å². The number of hydrogen-bond acceptors (Lipinski definition) is 2. The molecule has 0 heterocycles. The molecule has 112 valence electrons. The summed E-state index contributed by atoms with van der Waals surface area (Å²) in [6.45, 7) is 8.67. The maximum absolute atomic E-state index is 6.23. The van der Waals surface area contributed by atoms with E-state index in [0.717, 1.165) is 19.0 Å². The molecule has 2 N–H and O–H groups in total. The molecule has 0 aromatic heterocycles. The van der Waals surface area contributed by atoms with Crippen molar-refractivity contribution in [2.45, 2.75) is 52.1 Å². The average molecular weight is 274 g/mol. The van der Waals surface area contributed by atoms with Gasteiger partial charge in [0.1, 0.15) is 0 Å². The van der Waals surface area contributed by atoms with Crippen LogP contribution in [0.3, 0.4) is 0 Å². The molecule has 2 heteroatoms. The van der Waals surface area contributed by atoms with E-state index in [0.29, 0.717) is 5.92 Å². The minimum Gasteiger partial charge on any atom is -0.329 e. The lowest BCUT2D eigenvalue weighted by molar-refractivity contribution is 0.00137. The average Bonchev–Trinajstić information content (AvgIpc) is 2.44. The van der Waals surface area contributed by atoms with Crippen LogP contribution in [-0.4, -0.2) is 24.0 Å². The van der Waals surface area contributed by atoms with Gasteiger partial charge in [0, 0.05) is 18.6 Å². The van der Waals surface area contributed by atoms with Crippen LogP contribution in [0.4, 0.5) is 0 Å². The minimum atomic E-state index is 0.169. The quantitative estimate of drug-likeness (QED) is 0.909. The lowest BCUT2D eigenvalue weighted by Crippen LogP contribution is -2.59. The number of hydrogen-bond donors (Lipinski definition) is 1. The summed E-state index contributed by atoms with van der Waals surface area (Å²) in [5.74, 6) is 1.43. The zero-order chi connectivity index (χ0) is 14.8. The molecule has 0 aliphatic heterocycles. The van der Waals surface area contributed by atoms with E-state index in [1.54, 1.807) is 0 Å². The van der Waals surface area contributed by atoms with E-state index < -0.39 is 0 Å². The first-order chi connectivity index (χ1) is 9.49. The third kappa shape index (κ3) is 2.91. The van der Waals surface area contributed by atoms with Gasteiger partial charge < -0.3 is 5.73 Å². The highest BCUT2D eigenvalue weighted by Crippen LogP contribution is 2.41. The van der Waals surface area contributed by atoms with Crippen LogP contribution in [0, 0.1) is 18.8 Å². The van der Waals surface area contributed by atoms with Crippen molar-refractivity contribution in [3.63, 3.8) is 0 Å². The van der Waals surface area contributed by atoms with Crippen LogP contribution < -0.4 is 5.73 Å². The molecule has 1 saturated carbocycles. The molecule has 3 atom stereocenters. The van der Waals surface area contributed by atoms with Crippen LogP contribution in [0.1, 0.15) is 44.2 Å². The van der Waals surface area contributed by atoms with E-state index in [1.165, 1.54) is 30.4 Å². The molecule has 20 heavy (non-hydrogen) atoms. The second kappa shape index (κ2) is 6.28. The van der Waals surface area contributed by atoms with Gasteiger partial charge >= 0.3 is 0 Å². The molecule has 2 rings (SSSR count). The summed E-state index contributed by atoms with van der Waals surface area (Å²) in [5.41, 5.74) is 9.11. The van der Waals surface area contributed by atoms with Crippen molar-refractivity contribution in [3.05, 3.63) is 35.4 Å². The highest BCUT2D eigenvalue weighted by Gasteiger charge is 2.43. The van der Waals surface area contributed by atoms with E-state index in [-0.39, 0.29) is 5.54 Å². The number of rotatable bonds is 4. The summed E-state index contributed by atoms with van der Waals surface area (Å²) < 4.78 is 0. The first kappa shape index (κ1) is 15.5. The van der Waals surface area contributed by atoms with Gasteiger partial charge in [-0.2, -0.15) is 0 Å². The SMILES string of the molecule is Cc1ccc(CN(C)C2(CN)CCCC(C)C2C)cc1. The highest BCUT2D eigenvalue weighted by atomic mass is 15.2. The minimum absolute atomic E-state index is 0.169. The number of nitrogens with zero attached hydrogens (tertiary/aromatic N) is 1. The third-order valence-electron chi connectivity index (χ3n) is 5.62. The van der Waals surface area contributed by atoms with Crippen LogP contribution in [0.25, 0.3) is 0 Å². The Bertz CT molecular complexity index is 426. The van der Waals surface area contributed by atoms with Gasteiger partial charge in [-0.1, -0.05) is 56.5 Å². The van der Waals surface area contributed by atoms with Crippen LogP contribution >= 0.6 is 0 Å². The summed E-state index contributed by atoms with van der Waals surface area (Å²) in [6.07, 6.45) is 3.89. The standard InChI is InChI=1S/C18H30N2/c1-14-7-9-17(10-8-14)12-20(4)18(13-19)11-5-6-15(2)16(18)3/h7-10,15-16H,5-6,11-13,19H2,1-4H3. The van der Waals surface area contributed by atoms with Crippen LogP contribution in [-0.2, 0) is 6.54 Å². The van der Waals surface area contributed by atoms with Crippen molar-refractivity contribution in [1.82, 2.24) is 4.90 Å². The molecule has 1 aromatic carbocycles. The summed E-state index contributed by atoms with van der Waals surface area (Å²) in [4.78, 5) is 2.51. The second-order valence-electron chi connectivity index (χ2n) is 6.81. The maximum Gasteiger partial charge on any atom is 0.0360 e. The zero-order valence-electron chi connectivity index (χ0n) is 13.5. The summed E-state index contributed by atoms with van der Waals surface area (Å²) in [5, 5.41) is 0. The Hall–Kier alpha value is -0.860. The molecule has 1 aliphatic rings. The Kier molecular flexibility index (Phi) is 4.87. The fourth-order valence-corrected chi connectivity index (χ4v) is 3.84. The van der Waals surface area contributed by atoms with Crippen molar-refractivity contribution in [1.29, 1.82) is 0 Å². The van der Waals surface area contributed by atoms with Gasteiger partial charge in [0.05, 0.1) is 0 Å². The first-order valence-corrected chi connectivity index (χ1v) is 7.96. The van der Waals surface area contributed by atoms with E-state index >= 15 is 0 Å². The molecule has 1 fully saturated rings. The monoisotopic (exact) mass is 274 g/mol. The fourth-order valence-electron chi connectivity index (χ4n) is 3.84. The summed E-state index contributed by atoms with van der Waals surface area (Å²) in [6, 6.07) is 8.89. The molecule has 0 spiro atoms. The van der Waals surface area contributed by atoms with Crippen molar-refractivity contribution in [2.75, 3.05) is 13.6 Å². The Balaban J connectivity index is 2.15. The largest absolute Gasteiger partial charge is 0.329 e. The van der Waals surface area contributed by atoms with E-state index in [9.17, 15) is 0 Å². The van der Waals surface area contributed by atoms with Gasteiger partial charge in [0.15, 0.2) is 0 Å². The van der Waals surface area contributed by atoms with Crippen LogP contribution in [0.2, 0.25) is 0 Å². The van der Waals surface area contributed by atoms with E-state index in [2.05, 4.69) is 57.0 Å². The van der Waals surface area contributed by atoms with Crippen molar-refractivity contribution >= 4 is 0 Å². The Morgan fingerprint density at radius 2 is 1.90 bits per heavy atom. The third-order valence-corrected chi connectivity index (χ3v) is 5.62. The molecule has 3 unspecified atom stereocenters. The van der Waals surface area contributed by atoms with Crippen molar-refractivity contribution in [2.24, 2.45) is 17.6 Å². The molecule has 1 aliphatic carbocycles. The molecule has 0 amide bonds. The number of aryl methyl sites for hydroxylation is 1. The molecule has 0 bridgehead atoms. The topological polar surface area (TPSA) is 29.3 Å². The zero-order valence-corrected chi connectivity index (χ0v) is 13.5.